The van der Waals surface area contributed by atoms with Crippen molar-refractivity contribution in [2.75, 3.05) is 21.2 Å². The Labute approximate surface area is 205 Å². The van der Waals surface area contributed by atoms with E-state index in [-0.39, 0.29) is 12.2 Å². The highest BCUT2D eigenvalue weighted by molar-refractivity contribution is 6.42. The lowest BCUT2D eigenvalue weighted by Gasteiger charge is -2.13. The molecule has 2 aromatic carbocycles. The van der Waals surface area contributed by atoms with Gasteiger partial charge >= 0.3 is 0 Å². The number of ether oxygens (including phenoxy) is 1. The molecular weight excluding hydrogens is 442 g/mol. The molecule has 0 aliphatic heterocycles. The van der Waals surface area contributed by atoms with E-state index in [1.165, 1.54) is 11.0 Å². The monoisotopic (exact) mass is 471 g/mol. The minimum Gasteiger partial charge on any atom is -0.496 e. The smallest absolute Gasteiger partial charge is 0.294 e. The highest BCUT2D eigenvalue weighted by atomic mass is 16.5. The zero-order valence-corrected chi connectivity index (χ0v) is 20.5. The standard InChI is InChI=1S/C28H29N3O4/c1-6-22(32)15-21-13-19(11-12-25(21)35-5)14-26-29-17-18(2)24(30-26)16-20-9-7-8-10-23(20)27(33)28(34)31(3)4/h6-13,17H,1,14-16H2,2-5H3. The van der Waals surface area contributed by atoms with Crippen LogP contribution >= 0.6 is 0 Å². The molecule has 7 nitrogen and oxygen atoms in total. The number of allylic oxidation sites excluding steroid dienone is 1. The topological polar surface area (TPSA) is 89.5 Å². The van der Waals surface area contributed by atoms with E-state index in [1.54, 1.807) is 39.5 Å². The molecule has 3 rings (SSSR count). The molecule has 0 saturated heterocycles. The molecule has 0 fully saturated rings. The quantitative estimate of drug-likeness (QED) is 0.255. The molecule has 0 radical (unpaired) electrons. The first-order chi connectivity index (χ1) is 16.7. The number of benzene rings is 2. The van der Waals surface area contributed by atoms with Gasteiger partial charge in [0, 0.05) is 50.7 Å². The number of likely N-dealkylation sites (N-methyl/N-ethyl adjacent to an activating group) is 1. The molecule has 0 unspecified atom stereocenters. The Balaban J connectivity index is 1.88. The lowest BCUT2D eigenvalue weighted by Crippen LogP contribution is -2.30. The number of Topliss-reactive ketones (excluding diaryl/α,β-unsaturated/α-hetero) is 1. The second-order valence-corrected chi connectivity index (χ2v) is 8.45. The van der Waals surface area contributed by atoms with E-state index in [0.29, 0.717) is 30.0 Å². The number of carbonyl (C=O) groups excluding carboxylic acids is 3. The number of ketones is 2. The van der Waals surface area contributed by atoms with Gasteiger partial charge in [-0.25, -0.2) is 9.97 Å². The Bertz CT molecular complexity index is 1280. The van der Waals surface area contributed by atoms with Crippen LogP contribution in [0.1, 0.15) is 44.1 Å². The number of methoxy groups -OCH3 is 1. The lowest BCUT2D eigenvalue weighted by atomic mass is 9.97. The fourth-order valence-electron chi connectivity index (χ4n) is 3.70. The van der Waals surface area contributed by atoms with Crippen LogP contribution in [0.25, 0.3) is 0 Å². The fourth-order valence-corrected chi connectivity index (χ4v) is 3.70. The van der Waals surface area contributed by atoms with Crippen LogP contribution < -0.4 is 4.74 Å². The van der Waals surface area contributed by atoms with Gasteiger partial charge in [-0.05, 0) is 35.8 Å². The zero-order valence-electron chi connectivity index (χ0n) is 20.5. The lowest BCUT2D eigenvalue weighted by molar-refractivity contribution is -0.124. The average Bonchev–Trinajstić information content (AvgIpc) is 2.85. The van der Waals surface area contributed by atoms with Crippen molar-refractivity contribution in [2.24, 2.45) is 0 Å². The molecule has 180 valence electrons. The Morgan fingerprint density at radius 2 is 1.80 bits per heavy atom. The predicted molar refractivity (Wildman–Crippen MR) is 134 cm³/mol. The largest absolute Gasteiger partial charge is 0.496 e. The third kappa shape index (κ3) is 6.26. The van der Waals surface area contributed by atoms with E-state index < -0.39 is 11.7 Å². The summed E-state index contributed by atoms with van der Waals surface area (Å²) in [5.41, 5.74) is 4.50. The number of amides is 1. The Morgan fingerprint density at radius 3 is 2.49 bits per heavy atom. The maximum Gasteiger partial charge on any atom is 0.294 e. The van der Waals surface area contributed by atoms with E-state index in [0.717, 1.165) is 27.9 Å². The van der Waals surface area contributed by atoms with E-state index in [9.17, 15) is 14.4 Å². The fraction of sp³-hybridized carbons (Fsp3) is 0.250. The molecule has 0 aliphatic carbocycles. The van der Waals surface area contributed by atoms with Gasteiger partial charge in [0.15, 0.2) is 5.78 Å². The minimum absolute atomic E-state index is 0.0877. The highest BCUT2D eigenvalue weighted by Gasteiger charge is 2.21. The summed E-state index contributed by atoms with van der Waals surface area (Å²) < 4.78 is 5.39. The van der Waals surface area contributed by atoms with E-state index in [1.807, 2.05) is 37.3 Å². The second kappa shape index (κ2) is 11.3. The third-order valence-electron chi connectivity index (χ3n) is 5.65. The van der Waals surface area contributed by atoms with Crippen molar-refractivity contribution in [1.29, 1.82) is 0 Å². The van der Waals surface area contributed by atoms with Crippen LogP contribution in [-0.4, -0.2) is 53.5 Å². The predicted octanol–water partition coefficient (Wildman–Crippen LogP) is 3.54. The van der Waals surface area contributed by atoms with Crippen molar-refractivity contribution in [3.05, 3.63) is 101 Å². The summed E-state index contributed by atoms with van der Waals surface area (Å²) in [6, 6.07) is 12.8. The molecule has 0 atom stereocenters. The minimum atomic E-state index is -0.567. The molecule has 0 bridgehead atoms. The molecule has 0 N–H and O–H groups in total. The first-order valence-corrected chi connectivity index (χ1v) is 11.2. The molecule has 1 amide bonds. The number of rotatable bonds is 10. The van der Waals surface area contributed by atoms with Crippen molar-refractivity contribution in [1.82, 2.24) is 14.9 Å². The summed E-state index contributed by atoms with van der Waals surface area (Å²) in [4.78, 5) is 47.4. The molecule has 3 aromatic rings. The molecule has 1 aromatic heterocycles. The van der Waals surface area contributed by atoms with Crippen LogP contribution in [0.4, 0.5) is 0 Å². The molecule has 35 heavy (non-hydrogen) atoms. The van der Waals surface area contributed by atoms with Crippen LogP contribution in [0.15, 0.2) is 61.3 Å². The number of hydrogen-bond donors (Lipinski definition) is 0. The van der Waals surface area contributed by atoms with Crippen molar-refractivity contribution in [3.8, 4) is 5.75 Å². The SMILES string of the molecule is C=CC(=O)Cc1cc(Cc2ncc(C)c(Cc3ccccc3C(=O)C(=O)N(C)C)n2)ccc1OC. The maximum atomic E-state index is 12.7. The van der Waals surface area contributed by atoms with Gasteiger partial charge in [0.1, 0.15) is 11.6 Å². The molecule has 0 saturated carbocycles. The Hall–Kier alpha value is -4.13. The molecular formula is C28H29N3O4. The third-order valence-corrected chi connectivity index (χ3v) is 5.65. The van der Waals surface area contributed by atoms with Gasteiger partial charge in [0.25, 0.3) is 11.7 Å². The van der Waals surface area contributed by atoms with E-state index >= 15 is 0 Å². The van der Waals surface area contributed by atoms with Crippen LogP contribution in [0.2, 0.25) is 0 Å². The van der Waals surface area contributed by atoms with Crippen LogP contribution in [0, 0.1) is 6.92 Å². The van der Waals surface area contributed by atoms with Crippen molar-refractivity contribution in [2.45, 2.75) is 26.2 Å². The van der Waals surface area contributed by atoms with Gasteiger partial charge in [-0.3, -0.25) is 14.4 Å². The van der Waals surface area contributed by atoms with Crippen molar-refractivity contribution >= 4 is 17.5 Å². The van der Waals surface area contributed by atoms with Gasteiger partial charge < -0.3 is 9.64 Å². The second-order valence-electron chi connectivity index (χ2n) is 8.45. The van der Waals surface area contributed by atoms with Crippen molar-refractivity contribution in [3.63, 3.8) is 0 Å². The summed E-state index contributed by atoms with van der Waals surface area (Å²) in [6.07, 6.45) is 4.13. The highest BCUT2D eigenvalue weighted by Crippen LogP contribution is 2.23. The van der Waals surface area contributed by atoms with Gasteiger partial charge in [0.05, 0.1) is 12.8 Å². The summed E-state index contributed by atoms with van der Waals surface area (Å²) in [6.45, 7) is 5.45. The Kier molecular flexibility index (Phi) is 8.25. The first kappa shape index (κ1) is 25.5. The number of carbonyl (C=O) groups is 3. The summed E-state index contributed by atoms with van der Waals surface area (Å²) in [5, 5.41) is 0. The summed E-state index contributed by atoms with van der Waals surface area (Å²) in [7, 11) is 4.68. The number of hydrogen-bond acceptors (Lipinski definition) is 6. The maximum absolute atomic E-state index is 12.7. The molecule has 1 heterocycles. The Morgan fingerprint density at radius 1 is 1.06 bits per heavy atom. The number of aryl methyl sites for hydroxylation is 1. The van der Waals surface area contributed by atoms with Gasteiger partial charge in [-0.2, -0.15) is 0 Å². The zero-order chi connectivity index (χ0) is 25.5. The number of aromatic nitrogens is 2. The first-order valence-electron chi connectivity index (χ1n) is 11.2. The molecule has 7 heteroatoms. The van der Waals surface area contributed by atoms with Crippen LogP contribution in [0.5, 0.6) is 5.75 Å². The number of nitrogens with zero attached hydrogens (tertiary/aromatic N) is 3. The average molecular weight is 472 g/mol. The van der Waals surface area contributed by atoms with Gasteiger partial charge in [0.2, 0.25) is 0 Å². The summed E-state index contributed by atoms with van der Waals surface area (Å²) >= 11 is 0. The van der Waals surface area contributed by atoms with E-state index in [4.69, 9.17) is 9.72 Å². The van der Waals surface area contributed by atoms with Crippen LogP contribution in [-0.2, 0) is 28.9 Å². The van der Waals surface area contributed by atoms with Gasteiger partial charge in [-0.15, -0.1) is 0 Å². The van der Waals surface area contributed by atoms with E-state index in [2.05, 4.69) is 11.6 Å². The normalized spacial score (nSPS) is 10.5. The molecule has 0 spiro atoms. The molecule has 0 aliphatic rings. The summed E-state index contributed by atoms with van der Waals surface area (Å²) in [5.74, 6) is 0.0587. The van der Waals surface area contributed by atoms with Gasteiger partial charge in [-0.1, -0.05) is 43.0 Å². The van der Waals surface area contributed by atoms with Crippen LogP contribution in [0.3, 0.4) is 0 Å². The van der Waals surface area contributed by atoms with Crippen molar-refractivity contribution < 1.29 is 19.1 Å².